The van der Waals surface area contributed by atoms with E-state index in [9.17, 15) is 4.79 Å². The third-order valence-electron chi connectivity index (χ3n) is 5.00. The molecule has 2 aliphatic rings. The Morgan fingerprint density at radius 3 is 2.60 bits per heavy atom. The van der Waals surface area contributed by atoms with Crippen molar-refractivity contribution in [2.75, 3.05) is 31.1 Å². The van der Waals surface area contributed by atoms with Gasteiger partial charge < -0.3 is 4.90 Å². The lowest BCUT2D eigenvalue weighted by Crippen LogP contribution is -2.56. The average molecular weight is 340 g/mol. The maximum atomic E-state index is 11.3. The lowest BCUT2D eigenvalue weighted by Gasteiger charge is -2.48. The zero-order valence-corrected chi connectivity index (χ0v) is 13.8. The number of hydrogen-bond donors (Lipinski definition) is 2. The number of hydrogen-bond acceptors (Lipinski definition) is 7. The van der Waals surface area contributed by atoms with E-state index in [0.717, 1.165) is 39.1 Å². The highest BCUT2D eigenvalue weighted by Crippen LogP contribution is 2.40. The van der Waals surface area contributed by atoms with Crippen molar-refractivity contribution in [3.63, 3.8) is 0 Å². The predicted octanol–water partition coefficient (Wildman–Crippen LogP) is 0.703. The largest absolute Gasteiger partial charge is 0.340 e. The van der Waals surface area contributed by atoms with E-state index in [0.29, 0.717) is 11.4 Å². The second kappa shape index (κ2) is 6.38. The molecule has 4 rings (SSSR count). The molecule has 8 heteroatoms. The van der Waals surface area contributed by atoms with Gasteiger partial charge in [-0.1, -0.05) is 0 Å². The van der Waals surface area contributed by atoms with Gasteiger partial charge in [-0.25, -0.2) is 15.4 Å². The number of rotatable bonds is 4. The number of pyridine rings is 1. The number of likely N-dealkylation sites (tertiary alicyclic amines) is 1. The first kappa shape index (κ1) is 15.9. The van der Waals surface area contributed by atoms with Crippen molar-refractivity contribution in [3.8, 4) is 0 Å². The fourth-order valence-electron chi connectivity index (χ4n) is 3.79. The van der Waals surface area contributed by atoms with Gasteiger partial charge in [0.15, 0.2) is 0 Å². The summed E-state index contributed by atoms with van der Waals surface area (Å²) in [6.45, 7) is 4.99. The lowest BCUT2D eigenvalue weighted by atomic mass is 9.79. The number of hydroxylamine groups is 1. The highest BCUT2D eigenvalue weighted by atomic mass is 16.5. The molecular formula is C17H20N6O2. The SMILES string of the molecule is O=C(NO)c1cnc(N2CCC3(CN(Cc4ccncc4)C3)C2)nc1. The van der Waals surface area contributed by atoms with Gasteiger partial charge in [0.05, 0.1) is 5.56 Å². The summed E-state index contributed by atoms with van der Waals surface area (Å²) in [5, 5.41) is 8.63. The van der Waals surface area contributed by atoms with Gasteiger partial charge in [0.25, 0.3) is 5.91 Å². The number of anilines is 1. The van der Waals surface area contributed by atoms with Crippen LogP contribution in [0.2, 0.25) is 0 Å². The molecule has 2 aromatic heterocycles. The third kappa shape index (κ3) is 3.18. The van der Waals surface area contributed by atoms with Crippen LogP contribution in [0.5, 0.6) is 0 Å². The second-order valence-electron chi connectivity index (χ2n) is 6.88. The Morgan fingerprint density at radius 1 is 1.20 bits per heavy atom. The Balaban J connectivity index is 1.34. The van der Waals surface area contributed by atoms with Crippen molar-refractivity contribution in [1.29, 1.82) is 0 Å². The van der Waals surface area contributed by atoms with Crippen LogP contribution in [0, 0.1) is 5.41 Å². The number of carbonyl (C=O) groups is 1. The van der Waals surface area contributed by atoms with Crippen molar-refractivity contribution in [2.24, 2.45) is 5.41 Å². The van der Waals surface area contributed by atoms with Gasteiger partial charge in [-0.15, -0.1) is 0 Å². The molecule has 2 saturated heterocycles. The van der Waals surface area contributed by atoms with E-state index in [1.165, 1.54) is 18.0 Å². The van der Waals surface area contributed by atoms with E-state index in [4.69, 9.17) is 5.21 Å². The Morgan fingerprint density at radius 2 is 1.92 bits per heavy atom. The first-order chi connectivity index (χ1) is 12.2. The summed E-state index contributed by atoms with van der Waals surface area (Å²) in [4.78, 5) is 28.5. The van der Waals surface area contributed by atoms with Gasteiger partial charge in [0.1, 0.15) is 0 Å². The number of nitrogens with zero attached hydrogens (tertiary/aromatic N) is 5. The Bertz CT molecular complexity index is 745. The number of amides is 1. The average Bonchev–Trinajstić information content (AvgIpc) is 3.07. The smallest absolute Gasteiger partial charge is 0.277 e. The normalized spacial score (nSPS) is 19.0. The first-order valence-electron chi connectivity index (χ1n) is 8.30. The molecule has 1 amide bonds. The lowest BCUT2D eigenvalue weighted by molar-refractivity contribution is 0.0116. The molecule has 8 nitrogen and oxygen atoms in total. The van der Waals surface area contributed by atoms with Crippen LogP contribution in [0.25, 0.3) is 0 Å². The van der Waals surface area contributed by atoms with Crippen molar-refractivity contribution < 1.29 is 10.0 Å². The Labute approximate surface area is 145 Å². The minimum atomic E-state index is -0.602. The molecular weight excluding hydrogens is 320 g/mol. The van der Waals surface area contributed by atoms with Crippen molar-refractivity contribution in [3.05, 3.63) is 48.0 Å². The molecule has 2 N–H and O–H groups in total. The molecule has 0 atom stereocenters. The van der Waals surface area contributed by atoms with E-state index in [1.807, 2.05) is 12.4 Å². The molecule has 2 aliphatic heterocycles. The zero-order chi connectivity index (χ0) is 17.3. The molecule has 0 bridgehead atoms. The van der Waals surface area contributed by atoms with Crippen molar-refractivity contribution in [1.82, 2.24) is 25.3 Å². The van der Waals surface area contributed by atoms with Gasteiger partial charge in [-0.3, -0.25) is 19.9 Å². The minimum absolute atomic E-state index is 0.243. The van der Waals surface area contributed by atoms with Gasteiger partial charge in [0, 0.05) is 62.9 Å². The van der Waals surface area contributed by atoms with Crippen molar-refractivity contribution in [2.45, 2.75) is 13.0 Å². The molecule has 0 saturated carbocycles. The molecule has 130 valence electrons. The molecule has 0 radical (unpaired) electrons. The van der Waals surface area contributed by atoms with Crippen molar-refractivity contribution >= 4 is 11.9 Å². The van der Waals surface area contributed by atoms with Gasteiger partial charge in [0.2, 0.25) is 5.95 Å². The fraction of sp³-hybridized carbons (Fsp3) is 0.412. The topological polar surface area (TPSA) is 94.5 Å². The number of nitrogens with one attached hydrogen (secondary N) is 1. The molecule has 0 aromatic carbocycles. The molecule has 25 heavy (non-hydrogen) atoms. The van der Waals surface area contributed by atoms with E-state index in [2.05, 4.69) is 36.9 Å². The van der Waals surface area contributed by atoms with Crippen LogP contribution in [0.4, 0.5) is 5.95 Å². The van der Waals surface area contributed by atoms with Crippen LogP contribution in [0.3, 0.4) is 0 Å². The van der Waals surface area contributed by atoms with Crippen LogP contribution in [0.15, 0.2) is 36.9 Å². The van der Waals surface area contributed by atoms with Crippen LogP contribution >= 0.6 is 0 Å². The monoisotopic (exact) mass is 340 g/mol. The summed E-state index contributed by atoms with van der Waals surface area (Å²) in [5.41, 5.74) is 3.44. The Hall–Kier alpha value is -2.58. The van der Waals surface area contributed by atoms with Crippen LogP contribution in [0.1, 0.15) is 22.3 Å². The Kier molecular flexibility index (Phi) is 4.06. The number of carbonyl (C=O) groups excluding carboxylic acids is 1. The summed E-state index contributed by atoms with van der Waals surface area (Å²) in [5.74, 6) is 0.0362. The van der Waals surface area contributed by atoms with E-state index in [-0.39, 0.29) is 5.56 Å². The van der Waals surface area contributed by atoms with E-state index >= 15 is 0 Å². The molecule has 0 aliphatic carbocycles. The summed E-state index contributed by atoms with van der Waals surface area (Å²) < 4.78 is 0. The quantitative estimate of drug-likeness (QED) is 0.625. The zero-order valence-electron chi connectivity index (χ0n) is 13.8. The van der Waals surface area contributed by atoms with Gasteiger partial charge >= 0.3 is 0 Å². The van der Waals surface area contributed by atoms with Crippen LogP contribution in [-0.4, -0.2) is 57.1 Å². The highest BCUT2D eigenvalue weighted by molar-refractivity contribution is 5.92. The maximum absolute atomic E-state index is 11.3. The van der Waals surface area contributed by atoms with Crippen LogP contribution in [-0.2, 0) is 6.54 Å². The number of aromatic nitrogens is 3. The standard InChI is InChI=1S/C17H20N6O2/c24-15(21-25)14-7-19-16(20-8-14)23-6-3-17(12-23)10-22(11-17)9-13-1-4-18-5-2-13/h1-2,4-5,7-8,25H,3,6,9-12H2,(H,21,24). The van der Waals surface area contributed by atoms with E-state index < -0.39 is 5.91 Å². The molecule has 0 unspecified atom stereocenters. The summed E-state index contributed by atoms with van der Waals surface area (Å²) >= 11 is 0. The maximum Gasteiger partial charge on any atom is 0.277 e. The summed E-state index contributed by atoms with van der Waals surface area (Å²) in [6.07, 6.45) is 7.67. The predicted molar refractivity (Wildman–Crippen MR) is 90.1 cm³/mol. The third-order valence-corrected chi connectivity index (χ3v) is 5.00. The summed E-state index contributed by atoms with van der Waals surface area (Å²) in [6, 6.07) is 4.12. The second-order valence-corrected chi connectivity index (χ2v) is 6.88. The van der Waals surface area contributed by atoms with Gasteiger partial charge in [-0.05, 0) is 24.1 Å². The first-order valence-corrected chi connectivity index (χ1v) is 8.30. The molecule has 1 spiro atoms. The fourth-order valence-corrected chi connectivity index (χ4v) is 3.79. The van der Waals surface area contributed by atoms with E-state index in [1.54, 1.807) is 5.48 Å². The molecule has 4 heterocycles. The summed E-state index contributed by atoms with van der Waals surface area (Å²) in [7, 11) is 0. The minimum Gasteiger partial charge on any atom is -0.340 e. The van der Waals surface area contributed by atoms with Gasteiger partial charge in [-0.2, -0.15) is 0 Å². The molecule has 2 fully saturated rings. The van der Waals surface area contributed by atoms with Crippen LogP contribution < -0.4 is 10.4 Å². The highest BCUT2D eigenvalue weighted by Gasteiger charge is 2.47. The molecule has 2 aromatic rings.